The van der Waals surface area contributed by atoms with Gasteiger partial charge in [0.05, 0.1) is 18.8 Å². The lowest BCUT2D eigenvalue weighted by Crippen LogP contribution is -2.45. The lowest BCUT2D eigenvalue weighted by molar-refractivity contribution is -0.122. The zero-order chi connectivity index (χ0) is 16.6. The quantitative estimate of drug-likeness (QED) is 0.340. The van der Waals surface area contributed by atoms with Gasteiger partial charge in [-0.1, -0.05) is 64.5 Å². The van der Waals surface area contributed by atoms with E-state index in [9.17, 15) is 15.0 Å². The predicted octanol–water partition coefficient (Wildman–Crippen LogP) is 3.32. The van der Waals surface area contributed by atoms with Crippen molar-refractivity contribution in [1.82, 2.24) is 5.32 Å². The third-order valence-corrected chi connectivity index (χ3v) is 3.74. The summed E-state index contributed by atoms with van der Waals surface area (Å²) in [4.78, 5) is 11.5. The Morgan fingerprint density at radius 1 is 1.05 bits per heavy atom. The van der Waals surface area contributed by atoms with Crippen molar-refractivity contribution in [3.05, 3.63) is 12.2 Å². The van der Waals surface area contributed by atoms with Crippen molar-refractivity contribution in [2.24, 2.45) is 0 Å². The maximum atomic E-state index is 11.5. The zero-order valence-corrected chi connectivity index (χ0v) is 14.4. The molecule has 0 aromatic carbocycles. The largest absolute Gasteiger partial charge is 0.394 e. The minimum atomic E-state index is -0.824. The molecule has 0 radical (unpaired) electrons. The number of aliphatic hydroxyl groups excluding tert-OH is 2. The number of carbonyl (C=O) groups excluding carboxylic acids is 1. The fourth-order valence-electron chi connectivity index (χ4n) is 2.33. The first-order valence-corrected chi connectivity index (χ1v) is 8.90. The normalized spacial score (nSPS) is 14.2. The van der Waals surface area contributed by atoms with E-state index in [1.165, 1.54) is 38.5 Å². The average molecular weight is 313 g/mol. The highest BCUT2D eigenvalue weighted by atomic mass is 16.3. The molecule has 0 saturated carbocycles. The smallest absolute Gasteiger partial charge is 0.220 e. The van der Waals surface area contributed by atoms with Gasteiger partial charge in [0.2, 0.25) is 5.91 Å². The molecule has 0 fully saturated rings. The predicted molar refractivity (Wildman–Crippen MR) is 91.7 cm³/mol. The summed E-state index contributed by atoms with van der Waals surface area (Å²) in [7, 11) is 0. The van der Waals surface area contributed by atoms with Crippen molar-refractivity contribution in [1.29, 1.82) is 0 Å². The number of amides is 1. The van der Waals surface area contributed by atoms with Gasteiger partial charge in [0.1, 0.15) is 0 Å². The summed E-state index contributed by atoms with van der Waals surface area (Å²) < 4.78 is 0. The number of rotatable bonds is 14. The molecule has 1 unspecified atom stereocenters. The zero-order valence-electron chi connectivity index (χ0n) is 14.4. The third kappa shape index (κ3) is 11.8. The molecule has 2 atom stereocenters. The van der Waals surface area contributed by atoms with Crippen LogP contribution in [0.5, 0.6) is 0 Å². The van der Waals surface area contributed by atoms with Crippen molar-refractivity contribution < 1.29 is 15.0 Å². The first-order chi connectivity index (χ1) is 10.7. The Morgan fingerprint density at radius 2 is 1.68 bits per heavy atom. The lowest BCUT2D eigenvalue weighted by atomic mass is 10.1. The molecule has 0 rings (SSSR count). The van der Waals surface area contributed by atoms with E-state index in [2.05, 4.69) is 12.2 Å². The maximum absolute atomic E-state index is 11.5. The van der Waals surface area contributed by atoms with Crippen LogP contribution in [-0.4, -0.2) is 34.9 Å². The van der Waals surface area contributed by atoms with Gasteiger partial charge in [-0.2, -0.15) is 0 Å². The second-order valence-electron chi connectivity index (χ2n) is 5.94. The monoisotopic (exact) mass is 313 g/mol. The fraction of sp³-hybridized carbons (Fsp3) is 0.833. The van der Waals surface area contributed by atoms with Crippen LogP contribution in [-0.2, 0) is 4.79 Å². The van der Waals surface area contributed by atoms with Gasteiger partial charge in [0, 0.05) is 6.42 Å². The minimum absolute atomic E-state index is 0.124. The van der Waals surface area contributed by atoms with Gasteiger partial charge in [0.25, 0.3) is 0 Å². The Balaban J connectivity index is 3.78. The summed E-state index contributed by atoms with van der Waals surface area (Å²) in [5, 5.41) is 21.9. The molecule has 0 aromatic heterocycles. The van der Waals surface area contributed by atoms with Crippen LogP contribution < -0.4 is 5.32 Å². The summed E-state index contributed by atoms with van der Waals surface area (Å²) in [6.45, 7) is 3.89. The summed E-state index contributed by atoms with van der Waals surface area (Å²) in [6, 6.07) is -0.607. The first kappa shape index (κ1) is 21.1. The molecule has 0 aliphatic carbocycles. The summed E-state index contributed by atoms with van der Waals surface area (Å²) in [5.41, 5.74) is 0. The van der Waals surface area contributed by atoms with Gasteiger partial charge in [-0.05, 0) is 19.3 Å². The number of hydrogen-bond donors (Lipinski definition) is 3. The van der Waals surface area contributed by atoms with Gasteiger partial charge in [-0.25, -0.2) is 0 Å². The molecule has 4 nitrogen and oxygen atoms in total. The standard InChI is InChI=1S/C18H35NO3/c1-3-5-6-7-8-9-10-11-12-14-17(21)16(15-20)19-18(22)13-4-2/h12,14,16-17,20-21H,3-11,13,15H2,1-2H3,(H,19,22)/t16-,17?/m0/s1. The summed E-state index contributed by atoms with van der Waals surface area (Å²) in [6.07, 6.45) is 13.8. The second-order valence-corrected chi connectivity index (χ2v) is 5.94. The summed E-state index contributed by atoms with van der Waals surface area (Å²) >= 11 is 0. The van der Waals surface area contributed by atoms with Crippen LogP contribution in [0.4, 0.5) is 0 Å². The molecule has 0 aromatic rings. The van der Waals surface area contributed by atoms with E-state index in [1.807, 2.05) is 13.0 Å². The summed E-state index contributed by atoms with van der Waals surface area (Å²) in [5.74, 6) is -0.124. The molecular weight excluding hydrogens is 278 g/mol. The number of aliphatic hydroxyl groups is 2. The number of hydrogen-bond acceptors (Lipinski definition) is 3. The maximum Gasteiger partial charge on any atom is 0.220 e. The van der Waals surface area contributed by atoms with E-state index in [0.29, 0.717) is 6.42 Å². The number of allylic oxidation sites excluding steroid dienone is 1. The molecular formula is C18H35NO3. The Morgan fingerprint density at radius 3 is 2.27 bits per heavy atom. The Hall–Kier alpha value is -0.870. The van der Waals surface area contributed by atoms with E-state index in [-0.39, 0.29) is 12.5 Å². The van der Waals surface area contributed by atoms with Crippen LogP contribution in [0, 0.1) is 0 Å². The molecule has 0 saturated heterocycles. The van der Waals surface area contributed by atoms with Crippen LogP contribution in [0.2, 0.25) is 0 Å². The van der Waals surface area contributed by atoms with Gasteiger partial charge in [-0.15, -0.1) is 0 Å². The van der Waals surface area contributed by atoms with Crippen molar-refractivity contribution in [3.63, 3.8) is 0 Å². The molecule has 3 N–H and O–H groups in total. The highest BCUT2D eigenvalue weighted by molar-refractivity contribution is 5.76. The Bertz CT molecular complexity index is 292. The van der Waals surface area contributed by atoms with Gasteiger partial charge in [-0.3, -0.25) is 4.79 Å². The highest BCUT2D eigenvalue weighted by Gasteiger charge is 2.17. The number of carbonyl (C=O) groups is 1. The minimum Gasteiger partial charge on any atom is -0.394 e. The van der Waals surface area contributed by atoms with Crippen LogP contribution in [0.3, 0.4) is 0 Å². The van der Waals surface area contributed by atoms with E-state index in [0.717, 1.165) is 19.3 Å². The molecule has 1 amide bonds. The van der Waals surface area contributed by atoms with Crippen molar-refractivity contribution in [2.75, 3.05) is 6.61 Å². The third-order valence-electron chi connectivity index (χ3n) is 3.74. The van der Waals surface area contributed by atoms with Crippen LogP contribution in [0.25, 0.3) is 0 Å². The van der Waals surface area contributed by atoms with Crippen LogP contribution >= 0.6 is 0 Å². The first-order valence-electron chi connectivity index (χ1n) is 8.90. The molecule has 130 valence electrons. The van der Waals surface area contributed by atoms with Gasteiger partial charge < -0.3 is 15.5 Å². The fourth-order valence-corrected chi connectivity index (χ4v) is 2.33. The number of unbranched alkanes of at least 4 members (excludes halogenated alkanes) is 7. The van der Waals surface area contributed by atoms with Crippen molar-refractivity contribution in [2.45, 2.75) is 90.2 Å². The highest BCUT2D eigenvalue weighted by Crippen LogP contribution is 2.09. The Labute approximate surface area is 136 Å². The van der Waals surface area contributed by atoms with E-state index >= 15 is 0 Å². The SMILES string of the molecule is CCCCCCCCCC=CC(O)[C@H](CO)NC(=O)CCC. The van der Waals surface area contributed by atoms with Gasteiger partial charge >= 0.3 is 0 Å². The molecule has 0 bridgehead atoms. The molecule has 0 aliphatic heterocycles. The van der Waals surface area contributed by atoms with E-state index in [4.69, 9.17) is 0 Å². The second kappa shape index (κ2) is 15.0. The molecule has 0 heterocycles. The van der Waals surface area contributed by atoms with Crippen molar-refractivity contribution in [3.8, 4) is 0 Å². The van der Waals surface area contributed by atoms with E-state index in [1.54, 1.807) is 6.08 Å². The van der Waals surface area contributed by atoms with E-state index < -0.39 is 12.1 Å². The molecule has 0 aliphatic rings. The molecule has 0 spiro atoms. The van der Waals surface area contributed by atoms with Crippen LogP contribution in [0.15, 0.2) is 12.2 Å². The van der Waals surface area contributed by atoms with Crippen LogP contribution in [0.1, 0.15) is 78.1 Å². The van der Waals surface area contributed by atoms with Gasteiger partial charge in [0.15, 0.2) is 0 Å². The topological polar surface area (TPSA) is 69.6 Å². The Kier molecular flexibility index (Phi) is 14.4. The molecule has 22 heavy (non-hydrogen) atoms. The number of nitrogens with one attached hydrogen (secondary N) is 1. The lowest BCUT2D eigenvalue weighted by Gasteiger charge is -2.19. The average Bonchev–Trinajstić information content (AvgIpc) is 2.51. The van der Waals surface area contributed by atoms with Crippen molar-refractivity contribution >= 4 is 5.91 Å². The molecule has 4 heteroatoms.